The molecule has 0 radical (unpaired) electrons. The molecule has 3 N–H and O–H groups in total. The Morgan fingerprint density at radius 1 is 0.722 bits per heavy atom. The van der Waals surface area contributed by atoms with Crippen molar-refractivity contribution in [2.45, 2.75) is 78.4 Å². The Morgan fingerprint density at radius 3 is 1.69 bits per heavy atom. The van der Waals surface area contributed by atoms with Gasteiger partial charge in [0.15, 0.2) is 0 Å². The highest BCUT2D eigenvalue weighted by Gasteiger charge is 2.19. The van der Waals surface area contributed by atoms with E-state index in [0.717, 1.165) is 42.6 Å². The van der Waals surface area contributed by atoms with Crippen molar-refractivity contribution in [1.29, 1.82) is 0 Å². The Hall–Kier alpha value is -3.26. The van der Waals surface area contributed by atoms with E-state index in [0.29, 0.717) is 18.0 Å². The third-order valence-electron chi connectivity index (χ3n) is 4.73. The quantitative estimate of drug-likeness (QED) is 0.304. The summed E-state index contributed by atoms with van der Waals surface area (Å²) in [5.41, 5.74) is 1.31. The first-order valence-corrected chi connectivity index (χ1v) is 12.3. The number of amides is 2. The Bertz CT molecular complexity index is 942. The molecule has 0 aromatic heterocycles. The number of benzene rings is 2. The van der Waals surface area contributed by atoms with Gasteiger partial charge in [0.05, 0.1) is 6.61 Å². The third kappa shape index (κ3) is 11.4. The summed E-state index contributed by atoms with van der Waals surface area (Å²) in [7, 11) is 0. The van der Waals surface area contributed by atoms with Crippen LogP contribution in [0.2, 0.25) is 0 Å². The van der Waals surface area contributed by atoms with E-state index in [1.165, 1.54) is 0 Å². The molecule has 36 heavy (non-hydrogen) atoms. The van der Waals surface area contributed by atoms with Gasteiger partial charge in [0.1, 0.15) is 17.0 Å². The molecule has 0 heterocycles. The molecular formula is C28H40N2O6. The van der Waals surface area contributed by atoms with Crippen LogP contribution in [-0.4, -0.2) is 41.7 Å². The number of ether oxygens (including phenoxy) is 3. The highest BCUT2D eigenvalue weighted by Crippen LogP contribution is 2.29. The number of carbonyl (C=O) groups excluding carboxylic acids is 2. The van der Waals surface area contributed by atoms with Gasteiger partial charge in [-0.25, -0.2) is 9.59 Å². The van der Waals surface area contributed by atoms with Crippen molar-refractivity contribution >= 4 is 23.6 Å². The fraction of sp³-hybridized carbons (Fsp3) is 0.500. The van der Waals surface area contributed by atoms with Crippen LogP contribution in [0.3, 0.4) is 0 Å². The number of aliphatic hydroxyl groups excluding tert-OH is 1. The molecule has 0 saturated heterocycles. The minimum Gasteiger partial charge on any atom is -0.494 e. The predicted molar refractivity (Wildman–Crippen MR) is 143 cm³/mol. The highest BCUT2D eigenvalue weighted by atomic mass is 16.6. The van der Waals surface area contributed by atoms with Gasteiger partial charge < -0.3 is 19.3 Å². The monoisotopic (exact) mass is 500 g/mol. The number of unbranched alkanes of at least 4 members (excludes halogenated alkanes) is 3. The molecule has 0 fully saturated rings. The predicted octanol–water partition coefficient (Wildman–Crippen LogP) is 6.98. The molecule has 0 unspecified atom stereocenters. The second-order valence-corrected chi connectivity index (χ2v) is 10.6. The van der Waals surface area contributed by atoms with Crippen LogP contribution in [0.5, 0.6) is 5.75 Å². The lowest BCUT2D eigenvalue weighted by molar-refractivity contribution is 0.0625. The molecule has 0 bridgehead atoms. The Labute approximate surface area is 214 Å². The molecule has 0 aliphatic carbocycles. The number of carbonyl (C=O) groups is 2. The van der Waals surface area contributed by atoms with Crippen LogP contribution in [0.4, 0.5) is 21.0 Å². The van der Waals surface area contributed by atoms with Gasteiger partial charge in [-0.2, -0.15) is 0 Å². The maximum atomic E-state index is 12.4. The van der Waals surface area contributed by atoms with Crippen molar-refractivity contribution in [2.24, 2.45) is 0 Å². The molecule has 0 aliphatic rings. The molecule has 2 amide bonds. The van der Waals surface area contributed by atoms with Crippen LogP contribution >= 0.6 is 0 Å². The van der Waals surface area contributed by atoms with E-state index >= 15 is 0 Å². The number of anilines is 2. The zero-order valence-corrected chi connectivity index (χ0v) is 22.3. The first-order chi connectivity index (χ1) is 16.8. The van der Waals surface area contributed by atoms with Crippen LogP contribution in [0, 0.1) is 0 Å². The number of nitrogens with one attached hydrogen (secondary N) is 2. The average molecular weight is 501 g/mol. The molecule has 2 rings (SSSR count). The molecule has 2 aromatic rings. The van der Waals surface area contributed by atoms with E-state index < -0.39 is 23.4 Å². The number of hydrogen-bond donors (Lipinski definition) is 3. The maximum absolute atomic E-state index is 12.4. The van der Waals surface area contributed by atoms with Crippen molar-refractivity contribution in [3.63, 3.8) is 0 Å². The Balaban J connectivity index is 2.18. The van der Waals surface area contributed by atoms with Crippen molar-refractivity contribution in [2.75, 3.05) is 23.8 Å². The average Bonchev–Trinajstić information content (AvgIpc) is 2.73. The van der Waals surface area contributed by atoms with Crippen molar-refractivity contribution in [1.82, 2.24) is 0 Å². The normalized spacial score (nSPS) is 11.5. The van der Waals surface area contributed by atoms with Crippen molar-refractivity contribution < 1.29 is 28.9 Å². The van der Waals surface area contributed by atoms with Crippen LogP contribution in [-0.2, 0) is 9.47 Å². The fourth-order valence-electron chi connectivity index (χ4n) is 3.28. The van der Waals surface area contributed by atoms with Crippen LogP contribution in [0.1, 0.15) is 67.2 Å². The molecular weight excluding hydrogens is 460 g/mol. The molecule has 2 aromatic carbocycles. The summed E-state index contributed by atoms with van der Waals surface area (Å²) in [6.45, 7) is 11.6. The summed E-state index contributed by atoms with van der Waals surface area (Å²) in [4.78, 5) is 24.7. The molecule has 0 atom stereocenters. The lowest BCUT2D eigenvalue weighted by Crippen LogP contribution is -2.28. The second-order valence-electron chi connectivity index (χ2n) is 10.6. The zero-order chi connectivity index (χ0) is 26.8. The molecule has 0 aliphatic heterocycles. The molecule has 0 spiro atoms. The smallest absolute Gasteiger partial charge is 0.412 e. The van der Waals surface area contributed by atoms with Crippen LogP contribution in [0.15, 0.2) is 42.5 Å². The minimum absolute atomic E-state index is 0.228. The van der Waals surface area contributed by atoms with E-state index in [-0.39, 0.29) is 6.61 Å². The van der Waals surface area contributed by atoms with Gasteiger partial charge in [0, 0.05) is 18.0 Å². The van der Waals surface area contributed by atoms with Gasteiger partial charge in [-0.3, -0.25) is 10.6 Å². The lowest BCUT2D eigenvalue weighted by atomic mass is 10.0. The van der Waals surface area contributed by atoms with E-state index in [9.17, 15) is 9.59 Å². The minimum atomic E-state index is -0.645. The second kappa shape index (κ2) is 13.2. The third-order valence-corrected chi connectivity index (χ3v) is 4.73. The SMILES string of the molecule is CC(C)(C)OC(=O)Nc1cc(NC(=O)OC(C)(C)C)cc(-c2ccc(OCCCCCCO)cc2)c1. The number of aliphatic hydroxyl groups is 1. The molecule has 0 saturated carbocycles. The van der Waals surface area contributed by atoms with E-state index in [1.54, 1.807) is 59.7 Å². The summed E-state index contributed by atoms with van der Waals surface area (Å²) < 4.78 is 16.5. The van der Waals surface area contributed by atoms with Gasteiger partial charge in [-0.05, 0) is 102 Å². The Morgan fingerprint density at radius 2 is 1.22 bits per heavy atom. The van der Waals surface area contributed by atoms with Gasteiger partial charge in [-0.15, -0.1) is 0 Å². The van der Waals surface area contributed by atoms with E-state index in [2.05, 4.69) is 10.6 Å². The maximum Gasteiger partial charge on any atom is 0.412 e. The summed E-state index contributed by atoms with van der Waals surface area (Å²) >= 11 is 0. The number of hydrogen-bond acceptors (Lipinski definition) is 6. The van der Waals surface area contributed by atoms with E-state index in [1.807, 2.05) is 24.3 Å². The van der Waals surface area contributed by atoms with Gasteiger partial charge >= 0.3 is 12.2 Å². The lowest BCUT2D eigenvalue weighted by Gasteiger charge is -2.21. The summed E-state index contributed by atoms with van der Waals surface area (Å²) in [5, 5.41) is 14.3. The van der Waals surface area contributed by atoms with Gasteiger partial charge in [-0.1, -0.05) is 18.6 Å². The fourth-order valence-corrected chi connectivity index (χ4v) is 3.28. The molecule has 8 heteroatoms. The van der Waals surface area contributed by atoms with Crippen LogP contribution < -0.4 is 15.4 Å². The largest absolute Gasteiger partial charge is 0.494 e. The molecule has 8 nitrogen and oxygen atoms in total. The Kier molecular flexibility index (Phi) is 10.6. The van der Waals surface area contributed by atoms with Gasteiger partial charge in [0.25, 0.3) is 0 Å². The first kappa shape index (κ1) is 29.0. The van der Waals surface area contributed by atoms with E-state index in [4.69, 9.17) is 19.3 Å². The van der Waals surface area contributed by atoms with Crippen molar-refractivity contribution in [3.8, 4) is 16.9 Å². The zero-order valence-electron chi connectivity index (χ0n) is 22.3. The van der Waals surface area contributed by atoms with Crippen molar-refractivity contribution in [3.05, 3.63) is 42.5 Å². The first-order valence-electron chi connectivity index (χ1n) is 12.3. The highest BCUT2D eigenvalue weighted by molar-refractivity contribution is 5.91. The number of rotatable bonds is 10. The summed E-state index contributed by atoms with van der Waals surface area (Å²) in [6, 6.07) is 12.9. The molecule has 198 valence electrons. The standard InChI is InChI=1S/C28H40N2O6/c1-27(2,3)35-25(32)29-22-17-21(18-23(19-22)30-26(33)36-28(4,5)6)20-11-13-24(14-12-20)34-16-10-8-7-9-15-31/h11-14,17-19,31H,7-10,15-16H2,1-6H3,(H,29,32)(H,30,33). The van der Waals surface area contributed by atoms with Crippen LogP contribution in [0.25, 0.3) is 11.1 Å². The van der Waals surface area contributed by atoms with Gasteiger partial charge in [0.2, 0.25) is 0 Å². The summed E-state index contributed by atoms with van der Waals surface area (Å²) in [6.07, 6.45) is 2.58. The summed E-state index contributed by atoms with van der Waals surface area (Å²) in [5.74, 6) is 0.760. The topological polar surface area (TPSA) is 106 Å².